The molecule has 0 aliphatic heterocycles. The van der Waals surface area contributed by atoms with Crippen molar-refractivity contribution in [2.24, 2.45) is 0 Å². The number of hydrogen-bond donors (Lipinski definition) is 0. The van der Waals surface area contributed by atoms with Crippen molar-refractivity contribution in [2.75, 3.05) is 0 Å². The van der Waals surface area contributed by atoms with Crippen LogP contribution in [0.1, 0.15) is 0 Å². The normalized spacial score (nSPS) is 9.42. The molecular weight excluding hydrogens is 564 g/mol. The van der Waals surface area contributed by atoms with Crippen LogP contribution >= 0.6 is 15.9 Å². The minimum Gasteiger partial charge on any atom is -0.256 e. The van der Waals surface area contributed by atoms with Gasteiger partial charge >= 0.3 is 20.1 Å². The Morgan fingerprint density at radius 1 is 0.538 bits per heavy atom. The van der Waals surface area contributed by atoms with E-state index < -0.39 is 0 Å². The van der Waals surface area contributed by atoms with E-state index in [9.17, 15) is 0 Å². The Bertz CT molecular complexity index is 863. The van der Waals surface area contributed by atoms with Crippen LogP contribution in [0.4, 0.5) is 0 Å². The summed E-state index contributed by atoms with van der Waals surface area (Å²) >= 11 is 3.49. The molecule has 0 atom stereocenters. The standard InChI is InChI=1S/C11H8BrN.C11H9N.Ir/c12-10-6-2-1-5-9(10)11-7-3-4-8-13-11;1-2-6-10(7-3-1)11-8-4-5-9-12-11;/h1-8H;1-9H;/q;;+3. The van der Waals surface area contributed by atoms with Crippen LogP contribution < -0.4 is 0 Å². The van der Waals surface area contributed by atoms with Gasteiger partial charge in [-0.1, -0.05) is 76.6 Å². The second-order valence-corrected chi connectivity index (χ2v) is 6.13. The van der Waals surface area contributed by atoms with Gasteiger partial charge in [0.15, 0.2) is 0 Å². The van der Waals surface area contributed by atoms with Crippen LogP contribution in [-0.2, 0) is 20.1 Å². The largest absolute Gasteiger partial charge is 3.00 e. The molecule has 0 radical (unpaired) electrons. The second-order valence-electron chi connectivity index (χ2n) is 5.28. The molecule has 0 spiro atoms. The number of nitrogens with zero attached hydrogens (tertiary/aromatic N) is 2. The van der Waals surface area contributed by atoms with E-state index in [1.807, 2.05) is 85.1 Å². The Balaban J connectivity index is 0.000000180. The van der Waals surface area contributed by atoms with Crippen molar-refractivity contribution in [3.05, 3.63) is 108 Å². The van der Waals surface area contributed by atoms with Gasteiger partial charge in [-0.2, -0.15) is 0 Å². The molecule has 2 nitrogen and oxygen atoms in total. The smallest absolute Gasteiger partial charge is 0.256 e. The maximum atomic E-state index is 4.28. The molecule has 0 amide bonds. The molecule has 2 heterocycles. The third kappa shape index (κ3) is 5.70. The first-order valence-electron chi connectivity index (χ1n) is 7.97. The summed E-state index contributed by atoms with van der Waals surface area (Å²) < 4.78 is 1.08. The molecule has 0 bridgehead atoms. The molecule has 0 saturated carbocycles. The van der Waals surface area contributed by atoms with Crippen molar-refractivity contribution in [1.82, 2.24) is 9.97 Å². The Morgan fingerprint density at radius 3 is 1.65 bits per heavy atom. The van der Waals surface area contributed by atoms with Gasteiger partial charge in [-0.05, 0) is 30.3 Å². The number of aromatic nitrogens is 2. The zero-order chi connectivity index (χ0) is 17.3. The molecule has 26 heavy (non-hydrogen) atoms. The van der Waals surface area contributed by atoms with Gasteiger partial charge in [0.05, 0.1) is 11.4 Å². The monoisotopic (exact) mass is 581 g/mol. The summed E-state index contributed by atoms with van der Waals surface area (Å²) in [6.45, 7) is 0. The topological polar surface area (TPSA) is 25.8 Å². The average Bonchev–Trinajstić information content (AvgIpc) is 2.71. The summed E-state index contributed by atoms with van der Waals surface area (Å²) in [6, 6.07) is 30.1. The molecular formula is C22H17BrIrN2+3. The van der Waals surface area contributed by atoms with Crippen molar-refractivity contribution in [3.63, 3.8) is 0 Å². The van der Waals surface area contributed by atoms with Crippen LogP contribution in [0.2, 0.25) is 0 Å². The molecule has 4 aromatic rings. The molecule has 0 saturated heterocycles. The summed E-state index contributed by atoms with van der Waals surface area (Å²) in [5, 5.41) is 0. The summed E-state index contributed by atoms with van der Waals surface area (Å²) in [5.41, 5.74) is 4.31. The fraction of sp³-hybridized carbons (Fsp3) is 0. The molecule has 0 aliphatic rings. The molecule has 0 N–H and O–H groups in total. The first-order valence-corrected chi connectivity index (χ1v) is 8.76. The maximum absolute atomic E-state index is 4.28. The van der Waals surface area contributed by atoms with Crippen molar-refractivity contribution < 1.29 is 20.1 Å². The van der Waals surface area contributed by atoms with E-state index >= 15 is 0 Å². The number of pyridine rings is 2. The molecule has 0 unspecified atom stereocenters. The summed E-state index contributed by atoms with van der Waals surface area (Å²) in [6.07, 6.45) is 3.61. The zero-order valence-corrected chi connectivity index (χ0v) is 17.9. The molecule has 0 fully saturated rings. The van der Waals surface area contributed by atoms with Crippen LogP contribution in [0.15, 0.2) is 108 Å². The van der Waals surface area contributed by atoms with Crippen LogP contribution in [-0.4, -0.2) is 9.97 Å². The van der Waals surface area contributed by atoms with Gasteiger partial charge in [-0.25, -0.2) is 0 Å². The molecule has 2 aromatic heterocycles. The number of rotatable bonds is 2. The van der Waals surface area contributed by atoms with Crippen LogP contribution in [0.5, 0.6) is 0 Å². The zero-order valence-electron chi connectivity index (χ0n) is 13.9. The number of hydrogen-bond acceptors (Lipinski definition) is 2. The minimum atomic E-state index is 0. The Morgan fingerprint density at radius 2 is 1.08 bits per heavy atom. The van der Waals surface area contributed by atoms with E-state index in [1.165, 1.54) is 0 Å². The Labute approximate surface area is 175 Å². The Hall–Kier alpha value is -2.13. The van der Waals surface area contributed by atoms with Crippen LogP contribution in [0.3, 0.4) is 0 Å². The summed E-state index contributed by atoms with van der Waals surface area (Å²) in [7, 11) is 0. The summed E-state index contributed by atoms with van der Waals surface area (Å²) in [5.74, 6) is 0. The van der Waals surface area contributed by atoms with Crippen molar-refractivity contribution in [3.8, 4) is 22.5 Å². The van der Waals surface area contributed by atoms with Crippen molar-refractivity contribution in [1.29, 1.82) is 0 Å². The van der Waals surface area contributed by atoms with Gasteiger partial charge in [0.1, 0.15) is 0 Å². The third-order valence-corrected chi connectivity index (χ3v) is 4.24. The number of benzene rings is 2. The second kappa shape index (κ2) is 10.8. The van der Waals surface area contributed by atoms with E-state index in [-0.39, 0.29) is 20.1 Å². The van der Waals surface area contributed by atoms with Crippen LogP contribution in [0, 0.1) is 0 Å². The average molecular weight is 582 g/mol. The van der Waals surface area contributed by atoms with Crippen LogP contribution in [0.25, 0.3) is 22.5 Å². The van der Waals surface area contributed by atoms with Gasteiger partial charge in [0.2, 0.25) is 0 Å². The van der Waals surface area contributed by atoms with Crippen molar-refractivity contribution >= 4 is 15.9 Å². The molecule has 2 aromatic carbocycles. The van der Waals surface area contributed by atoms with E-state index in [0.29, 0.717) is 0 Å². The van der Waals surface area contributed by atoms with Gasteiger partial charge in [0.25, 0.3) is 0 Å². The number of halogens is 1. The predicted octanol–water partition coefficient (Wildman–Crippen LogP) is 6.26. The first kappa shape index (κ1) is 20.2. The van der Waals surface area contributed by atoms with E-state index in [1.54, 1.807) is 6.20 Å². The predicted molar refractivity (Wildman–Crippen MR) is 107 cm³/mol. The first-order chi connectivity index (χ1) is 12.3. The molecule has 128 valence electrons. The fourth-order valence-corrected chi connectivity index (χ4v) is 2.82. The fourth-order valence-electron chi connectivity index (χ4n) is 2.33. The molecule has 4 heteroatoms. The van der Waals surface area contributed by atoms with Gasteiger partial charge in [0, 0.05) is 28.0 Å². The maximum Gasteiger partial charge on any atom is 3.00 e. The molecule has 0 aliphatic carbocycles. The SMILES string of the molecule is Brc1ccccc1-c1ccccn1.[Ir+3].c1ccc(-c2ccccn2)cc1. The van der Waals surface area contributed by atoms with Gasteiger partial charge in [-0.3, -0.25) is 9.97 Å². The molecule has 4 rings (SSSR count). The Kier molecular flexibility index (Phi) is 8.36. The minimum absolute atomic E-state index is 0. The van der Waals surface area contributed by atoms with Gasteiger partial charge in [-0.15, -0.1) is 0 Å². The van der Waals surface area contributed by atoms with E-state index in [2.05, 4.69) is 38.0 Å². The van der Waals surface area contributed by atoms with Crippen molar-refractivity contribution in [2.45, 2.75) is 0 Å². The van der Waals surface area contributed by atoms with Gasteiger partial charge < -0.3 is 0 Å². The summed E-state index contributed by atoms with van der Waals surface area (Å²) in [4.78, 5) is 8.53. The van der Waals surface area contributed by atoms with E-state index in [4.69, 9.17) is 0 Å². The van der Waals surface area contributed by atoms with E-state index in [0.717, 1.165) is 27.0 Å². The third-order valence-electron chi connectivity index (χ3n) is 3.55. The quantitative estimate of drug-likeness (QED) is 0.280.